The third kappa shape index (κ3) is 5.78. The lowest BCUT2D eigenvalue weighted by molar-refractivity contribution is -0.168. The van der Waals surface area contributed by atoms with Crippen LogP contribution in [0.15, 0.2) is 30.3 Å². The number of rotatable bonds is 9. The maximum Gasteiger partial charge on any atom is 0.343 e. The first-order valence-electron chi connectivity index (χ1n) is 8.54. The minimum atomic E-state index is -2.12. The summed E-state index contributed by atoms with van der Waals surface area (Å²) in [6, 6.07) is 8.46. The predicted molar refractivity (Wildman–Crippen MR) is 97.2 cm³/mol. The van der Waals surface area contributed by atoms with Gasteiger partial charge in [0, 0.05) is 19.8 Å². The summed E-state index contributed by atoms with van der Waals surface area (Å²) in [5, 5.41) is 3.21. The lowest BCUT2D eigenvalue weighted by Gasteiger charge is -2.30. The van der Waals surface area contributed by atoms with Crippen molar-refractivity contribution in [2.45, 2.75) is 39.2 Å². The van der Waals surface area contributed by atoms with Crippen LogP contribution in [0.25, 0.3) is 0 Å². The summed E-state index contributed by atoms with van der Waals surface area (Å²) >= 11 is 0. The number of carbonyl (C=O) groups excluding carboxylic acids is 4. The standard InChI is InChI=1S/C18H25N3O6/c1-4-26-16(24)18(20-13(3)22,17(25)27-5-2)12-11-15(23)21(19)14-9-7-6-8-10-14/h6-10H,4-5,11-12,19H2,1-3H3,(H,20,22). The van der Waals surface area contributed by atoms with Crippen LogP contribution in [-0.4, -0.2) is 42.5 Å². The second-order valence-corrected chi connectivity index (χ2v) is 5.63. The van der Waals surface area contributed by atoms with Gasteiger partial charge in [-0.2, -0.15) is 0 Å². The van der Waals surface area contributed by atoms with Crippen LogP contribution in [0, 0.1) is 0 Å². The topological polar surface area (TPSA) is 128 Å². The molecule has 0 radical (unpaired) electrons. The number of hydrogen-bond acceptors (Lipinski definition) is 7. The average Bonchev–Trinajstić information content (AvgIpc) is 2.64. The van der Waals surface area contributed by atoms with E-state index in [0.717, 1.165) is 11.9 Å². The molecule has 0 unspecified atom stereocenters. The van der Waals surface area contributed by atoms with Crippen LogP contribution >= 0.6 is 0 Å². The molecule has 0 fully saturated rings. The molecule has 0 bridgehead atoms. The van der Waals surface area contributed by atoms with Crippen LogP contribution < -0.4 is 16.2 Å². The highest BCUT2D eigenvalue weighted by Crippen LogP contribution is 2.20. The maximum atomic E-state index is 12.5. The summed E-state index contributed by atoms with van der Waals surface area (Å²) in [4.78, 5) is 49.0. The number of esters is 2. The normalized spacial score (nSPS) is 10.7. The van der Waals surface area contributed by atoms with E-state index in [0.29, 0.717) is 5.69 Å². The number of hydrogen-bond donors (Lipinski definition) is 2. The van der Waals surface area contributed by atoms with Crippen molar-refractivity contribution in [2.75, 3.05) is 18.2 Å². The summed E-state index contributed by atoms with van der Waals surface area (Å²) < 4.78 is 9.89. The minimum Gasteiger partial charge on any atom is -0.464 e. The Kier molecular flexibility index (Phi) is 8.40. The molecule has 0 aliphatic heterocycles. The first-order chi connectivity index (χ1) is 12.8. The third-order valence-corrected chi connectivity index (χ3v) is 3.65. The second-order valence-electron chi connectivity index (χ2n) is 5.63. The number of nitrogens with two attached hydrogens (primary N) is 1. The molecule has 1 aromatic carbocycles. The molecule has 27 heavy (non-hydrogen) atoms. The fourth-order valence-electron chi connectivity index (χ4n) is 2.41. The van der Waals surface area contributed by atoms with Gasteiger partial charge in [0.2, 0.25) is 17.4 Å². The fraction of sp³-hybridized carbons (Fsp3) is 0.444. The van der Waals surface area contributed by atoms with Crippen LogP contribution in [0.1, 0.15) is 33.6 Å². The second kappa shape index (κ2) is 10.3. The predicted octanol–water partition coefficient (Wildman–Crippen LogP) is 0.675. The molecule has 0 atom stereocenters. The Balaban J connectivity index is 3.07. The lowest BCUT2D eigenvalue weighted by Crippen LogP contribution is -2.61. The number of benzene rings is 1. The van der Waals surface area contributed by atoms with Gasteiger partial charge in [0.15, 0.2) is 0 Å². The van der Waals surface area contributed by atoms with Gasteiger partial charge in [0.25, 0.3) is 0 Å². The smallest absolute Gasteiger partial charge is 0.343 e. The van der Waals surface area contributed by atoms with E-state index in [1.165, 1.54) is 0 Å². The summed E-state index contributed by atoms with van der Waals surface area (Å²) in [7, 11) is 0. The highest BCUT2D eigenvalue weighted by molar-refractivity contribution is 6.08. The summed E-state index contributed by atoms with van der Waals surface area (Å²) in [6.45, 7) is 4.24. The van der Waals surface area contributed by atoms with Gasteiger partial charge in [0.1, 0.15) is 0 Å². The molecule has 148 valence electrons. The van der Waals surface area contributed by atoms with Crippen molar-refractivity contribution < 1.29 is 28.7 Å². The first-order valence-corrected chi connectivity index (χ1v) is 8.54. The molecular weight excluding hydrogens is 354 g/mol. The van der Waals surface area contributed by atoms with Crippen molar-refractivity contribution in [3.8, 4) is 0 Å². The molecule has 1 aromatic rings. The Morgan fingerprint density at radius 1 is 1.04 bits per heavy atom. The molecule has 0 aromatic heterocycles. The molecule has 1 rings (SSSR count). The van der Waals surface area contributed by atoms with E-state index in [4.69, 9.17) is 15.3 Å². The van der Waals surface area contributed by atoms with Gasteiger partial charge in [-0.3, -0.25) is 9.59 Å². The third-order valence-electron chi connectivity index (χ3n) is 3.65. The van der Waals surface area contributed by atoms with Crippen LogP contribution in [0.5, 0.6) is 0 Å². The highest BCUT2D eigenvalue weighted by Gasteiger charge is 2.50. The fourth-order valence-corrected chi connectivity index (χ4v) is 2.41. The summed E-state index contributed by atoms with van der Waals surface area (Å²) in [5.74, 6) is 2.63. The molecule has 2 amide bonds. The zero-order chi connectivity index (χ0) is 20.4. The number of anilines is 1. The molecule has 9 nitrogen and oxygen atoms in total. The van der Waals surface area contributed by atoms with E-state index in [-0.39, 0.29) is 26.1 Å². The molecular formula is C18H25N3O6. The van der Waals surface area contributed by atoms with E-state index in [9.17, 15) is 19.2 Å². The molecule has 3 N–H and O–H groups in total. The number of amides is 2. The van der Waals surface area contributed by atoms with Crippen molar-refractivity contribution in [3.63, 3.8) is 0 Å². The Morgan fingerprint density at radius 2 is 1.56 bits per heavy atom. The molecule has 0 heterocycles. The number of carbonyl (C=O) groups is 4. The van der Waals surface area contributed by atoms with Gasteiger partial charge < -0.3 is 14.8 Å². The lowest BCUT2D eigenvalue weighted by atomic mass is 9.92. The number of para-hydroxylation sites is 1. The van der Waals surface area contributed by atoms with Crippen LogP contribution in [0.3, 0.4) is 0 Å². The van der Waals surface area contributed by atoms with Crippen molar-refractivity contribution >= 4 is 29.4 Å². The molecule has 9 heteroatoms. The molecule has 0 aliphatic rings. The highest BCUT2D eigenvalue weighted by atomic mass is 16.6. The van der Waals surface area contributed by atoms with Crippen LogP contribution in [0.2, 0.25) is 0 Å². The Bertz CT molecular complexity index is 659. The monoisotopic (exact) mass is 379 g/mol. The molecule has 0 saturated heterocycles. The van der Waals surface area contributed by atoms with Crippen LogP contribution in [-0.2, 0) is 28.7 Å². The zero-order valence-electron chi connectivity index (χ0n) is 15.7. The molecule has 0 saturated carbocycles. The Hall–Kier alpha value is -2.94. The molecule has 0 aliphatic carbocycles. The van der Waals surface area contributed by atoms with Crippen LogP contribution in [0.4, 0.5) is 5.69 Å². The first kappa shape index (κ1) is 22.1. The van der Waals surface area contributed by atoms with E-state index >= 15 is 0 Å². The summed E-state index contributed by atoms with van der Waals surface area (Å²) in [5.41, 5.74) is -1.68. The zero-order valence-corrected chi connectivity index (χ0v) is 15.7. The van der Waals surface area contributed by atoms with Gasteiger partial charge in [-0.05, 0) is 26.0 Å². The SMILES string of the molecule is CCOC(=O)C(CCC(=O)N(N)c1ccccc1)(NC(C)=O)C(=O)OCC. The van der Waals surface area contributed by atoms with E-state index < -0.39 is 29.3 Å². The number of hydrazine groups is 1. The van der Waals surface area contributed by atoms with Gasteiger partial charge in [-0.1, -0.05) is 18.2 Å². The van der Waals surface area contributed by atoms with Crippen molar-refractivity contribution in [1.82, 2.24) is 5.32 Å². The number of nitrogens with one attached hydrogen (secondary N) is 1. The van der Waals surface area contributed by atoms with Crippen molar-refractivity contribution in [3.05, 3.63) is 30.3 Å². The van der Waals surface area contributed by atoms with E-state index in [1.807, 2.05) is 0 Å². The average molecular weight is 379 g/mol. The quantitative estimate of drug-likeness (QED) is 0.212. The Morgan fingerprint density at radius 3 is 2.00 bits per heavy atom. The maximum absolute atomic E-state index is 12.5. The molecule has 0 spiro atoms. The van der Waals surface area contributed by atoms with E-state index in [1.54, 1.807) is 44.2 Å². The summed E-state index contributed by atoms with van der Waals surface area (Å²) in [6.07, 6.45) is -0.660. The van der Waals surface area contributed by atoms with Gasteiger partial charge in [-0.15, -0.1) is 0 Å². The number of ether oxygens (including phenoxy) is 2. The van der Waals surface area contributed by atoms with Crippen molar-refractivity contribution in [1.29, 1.82) is 0 Å². The van der Waals surface area contributed by atoms with E-state index in [2.05, 4.69) is 5.32 Å². The van der Waals surface area contributed by atoms with Gasteiger partial charge in [0.05, 0.1) is 18.9 Å². The minimum absolute atomic E-state index is 0.0133. The van der Waals surface area contributed by atoms with Gasteiger partial charge in [-0.25, -0.2) is 20.4 Å². The van der Waals surface area contributed by atoms with Gasteiger partial charge >= 0.3 is 11.9 Å². The largest absolute Gasteiger partial charge is 0.464 e. The number of nitrogens with zero attached hydrogens (tertiary/aromatic N) is 1. The Labute approximate surface area is 157 Å². The van der Waals surface area contributed by atoms with Crippen molar-refractivity contribution in [2.24, 2.45) is 5.84 Å².